The predicted molar refractivity (Wildman–Crippen MR) is 58.5 cm³/mol. The molecule has 0 aliphatic heterocycles. The molecule has 0 saturated carbocycles. The number of carbonyl (C=O) groups is 1. The van der Waals surface area contributed by atoms with E-state index in [9.17, 15) is 10.0 Å². The molecular formula is C11H15NO4. The Morgan fingerprint density at radius 3 is 2.62 bits per heavy atom. The van der Waals surface area contributed by atoms with Gasteiger partial charge in [0.15, 0.2) is 0 Å². The SMILES string of the molecule is CCOCCOC(=O)N(O)c1ccccc1. The van der Waals surface area contributed by atoms with Crippen LogP contribution in [0.25, 0.3) is 0 Å². The van der Waals surface area contributed by atoms with Gasteiger partial charge in [-0.25, -0.2) is 4.79 Å². The van der Waals surface area contributed by atoms with Crippen LogP contribution in [0.4, 0.5) is 10.5 Å². The highest BCUT2D eigenvalue weighted by atomic mass is 16.6. The summed E-state index contributed by atoms with van der Waals surface area (Å²) >= 11 is 0. The van der Waals surface area contributed by atoms with Crippen LogP contribution in [0.3, 0.4) is 0 Å². The Labute approximate surface area is 94.2 Å². The summed E-state index contributed by atoms with van der Waals surface area (Å²) in [5.74, 6) is 0. The number of anilines is 1. The smallest absolute Gasteiger partial charge is 0.438 e. The Balaban J connectivity index is 2.37. The monoisotopic (exact) mass is 225 g/mol. The normalized spacial score (nSPS) is 9.88. The van der Waals surface area contributed by atoms with E-state index in [2.05, 4.69) is 0 Å². The number of benzene rings is 1. The molecule has 0 unspecified atom stereocenters. The lowest BCUT2D eigenvalue weighted by Crippen LogP contribution is -2.28. The van der Waals surface area contributed by atoms with Crippen LogP contribution in [0, 0.1) is 0 Å². The van der Waals surface area contributed by atoms with E-state index in [-0.39, 0.29) is 6.61 Å². The fourth-order valence-corrected chi connectivity index (χ4v) is 1.07. The zero-order valence-corrected chi connectivity index (χ0v) is 9.13. The minimum atomic E-state index is -0.814. The molecule has 0 aromatic heterocycles. The minimum absolute atomic E-state index is 0.122. The van der Waals surface area contributed by atoms with Gasteiger partial charge < -0.3 is 9.47 Å². The molecule has 1 rings (SSSR count). The average Bonchev–Trinajstić information content (AvgIpc) is 2.34. The number of rotatable bonds is 5. The zero-order chi connectivity index (χ0) is 11.8. The quantitative estimate of drug-likeness (QED) is 0.473. The number of amides is 1. The van der Waals surface area contributed by atoms with Crippen molar-refractivity contribution in [2.24, 2.45) is 0 Å². The van der Waals surface area contributed by atoms with Crippen molar-refractivity contribution in [1.82, 2.24) is 0 Å². The van der Waals surface area contributed by atoms with Gasteiger partial charge in [-0.05, 0) is 19.1 Å². The highest BCUT2D eigenvalue weighted by Crippen LogP contribution is 2.11. The Hall–Kier alpha value is -1.59. The van der Waals surface area contributed by atoms with Gasteiger partial charge in [-0.2, -0.15) is 5.06 Å². The van der Waals surface area contributed by atoms with Crippen LogP contribution >= 0.6 is 0 Å². The van der Waals surface area contributed by atoms with Gasteiger partial charge in [0, 0.05) is 6.61 Å². The molecule has 0 aliphatic rings. The van der Waals surface area contributed by atoms with Gasteiger partial charge in [-0.3, -0.25) is 5.21 Å². The first-order valence-corrected chi connectivity index (χ1v) is 5.04. The van der Waals surface area contributed by atoms with Gasteiger partial charge in [0.2, 0.25) is 0 Å². The summed E-state index contributed by atoms with van der Waals surface area (Å²) in [4.78, 5) is 11.3. The number of carbonyl (C=O) groups excluding carboxylic acids is 1. The minimum Gasteiger partial charge on any atom is -0.445 e. The van der Waals surface area contributed by atoms with E-state index >= 15 is 0 Å². The molecule has 0 atom stereocenters. The molecule has 0 saturated heterocycles. The number of ether oxygens (including phenoxy) is 2. The molecule has 0 radical (unpaired) electrons. The number of hydroxylamine groups is 1. The molecular weight excluding hydrogens is 210 g/mol. The van der Waals surface area contributed by atoms with Gasteiger partial charge in [0.05, 0.1) is 12.3 Å². The predicted octanol–water partition coefficient (Wildman–Crippen LogP) is 2.06. The molecule has 1 aromatic carbocycles. The molecule has 5 nitrogen and oxygen atoms in total. The first-order valence-electron chi connectivity index (χ1n) is 5.04. The van der Waals surface area contributed by atoms with E-state index in [1.165, 1.54) is 0 Å². The summed E-state index contributed by atoms with van der Waals surface area (Å²) in [6, 6.07) is 8.42. The molecule has 0 bridgehead atoms. The Morgan fingerprint density at radius 2 is 2.00 bits per heavy atom. The lowest BCUT2D eigenvalue weighted by atomic mass is 10.3. The van der Waals surface area contributed by atoms with E-state index in [4.69, 9.17) is 9.47 Å². The third-order valence-corrected chi connectivity index (χ3v) is 1.83. The van der Waals surface area contributed by atoms with E-state index in [1.807, 2.05) is 6.92 Å². The molecule has 0 heterocycles. The summed E-state index contributed by atoms with van der Waals surface area (Å²) in [5.41, 5.74) is 0.365. The first-order chi connectivity index (χ1) is 7.75. The summed E-state index contributed by atoms with van der Waals surface area (Å²) in [6.07, 6.45) is -0.814. The van der Waals surface area contributed by atoms with Crippen molar-refractivity contribution in [2.75, 3.05) is 24.9 Å². The van der Waals surface area contributed by atoms with Gasteiger partial charge >= 0.3 is 6.09 Å². The van der Waals surface area contributed by atoms with Crippen molar-refractivity contribution in [2.45, 2.75) is 6.92 Å². The lowest BCUT2D eigenvalue weighted by molar-refractivity contribution is 0.0701. The van der Waals surface area contributed by atoms with Crippen molar-refractivity contribution in [3.63, 3.8) is 0 Å². The maximum atomic E-state index is 11.3. The van der Waals surface area contributed by atoms with E-state index < -0.39 is 6.09 Å². The molecule has 88 valence electrons. The highest BCUT2D eigenvalue weighted by molar-refractivity contribution is 5.84. The molecule has 1 amide bonds. The Bertz CT molecular complexity index is 315. The maximum Gasteiger partial charge on any atom is 0.438 e. The van der Waals surface area contributed by atoms with Crippen LogP contribution in [-0.4, -0.2) is 31.1 Å². The van der Waals surface area contributed by atoms with Crippen molar-refractivity contribution in [3.8, 4) is 0 Å². The summed E-state index contributed by atoms with van der Waals surface area (Å²) in [7, 11) is 0. The lowest BCUT2D eigenvalue weighted by Gasteiger charge is -2.14. The summed E-state index contributed by atoms with van der Waals surface area (Å²) < 4.78 is 9.76. The maximum absolute atomic E-state index is 11.3. The van der Waals surface area contributed by atoms with Crippen LogP contribution in [0.1, 0.15) is 6.92 Å². The van der Waals surface area contributed by atoms with Crippen LogP contribution in [0.2, 0.25) is 0 Å². The second-order valence-electron chi connectivity index (χ2n) is 2.96. The van der Waals surface area contributed by atoms with E-state index in [0.29, 0.717) is 24.0 Å². The number of nitrogens with zero attached hydrogens (tertiary/aromatic N) is 1. The van der Waals surface area contributed by atoms with Gasteiger partial charge in [-0.15, -0.1) is 0 Å². The van der Waals surface area contributed by atoms with E-state index in [0.717, 1.165) is 0 Å². The molecule has 1 N–H and O–H groups in total. The second-order valence-corrected chi connectivity index (χ2v) is 2.96. The standard InChI is InChI=1S/C11H15NO4/c1-2-15-8-9-16-11(13)12(14)10-6-4-3-5-7-10/h3-7,14H,2,8-9H2,1H3. The van der Waals surface area contributed by atoms with Crippen molar-refractivity contribution in [1.29, 1.82) is 0 Å². The number of hydrogen-bond acceptors (Lipinski definition) is 4. The van der Waals surface area contributed by atoms with Crippen molar-refractivity contribution >= 4 is 11.8 Å². The molecule has 1 aromatic rings. The third kappa shape index (κ3) is 3.88. The second kappa shape index (κ2) is 6.81. The Kier molecular flexibility index (Phi) is 5.31. The molecule has 0 fully saturated rings. The fraction of sp³-hybridized carbons (Fsp3) is 0.364. The molecule has 0 spiro atoms. The highest BCUT2D eigenvalue weighted by Gasteiger charge is 2.13. The van der Waals surface area contributed by atoms with Gasteiger partial charge in [-0.1, -0.05) is 18.2 Å². The Morgan fingerprint density at radius 1 is 1.31 bits per heavy atom. The van der Waals surface area contributed by atoms with Crippen LogP contribution in [0.5, 0.6) is 0 Å². The first kappa shape index (κ1) is 12.5. The largest absolute Gasteiger partial charge is 0.445 e. The van der Waals surface area contributed by atoms with Crippen molar-refractivity contribution < 1.29 is 19.5 Å². The fourth-order valence-electron chi connectivity index (χ4n) is 1.07. The third-order valence-electron chi connectivity index (χ3n) is 1.83. The number of hydrogen-bond donors (Lipinski definition) is 1. The molecule has 16 heavy (non-hydrogen) atoms. The van der Waals surface area contributed by atoms with Crippen molar-refractivity contribution in [3.05, 3.63) is 30.3 Å². The molecule has 5 heteroatoms. The average molecular weight is 225 g/mol. The van der Waals surface area contributed by atoms with Crippen LogP contribution in [0.15, 0.2) is 30.3 Å². The van der Waals surface area contributed by atoms with Crippen LogP contribution < -0.4 is 5.06 Å². The topological polar surface area (TPSA) is 59.0 Å². The van der Waals surface area contributed by atoms with Gasteiger partial charge in [0.1, 0.15) is 6.61 Å². The zero-order valence-electron chi connectivity index (χ0n) is 9.13. The molecule has 0 aliphatic carbocycles. The van der Waals surface area contributed by atoms with E-state index in [1.54, 1.807) is 30.3 Å². The van der Waals surface area contributed by atoms with Crippen LogP contribution in [-0.2, 0) is 9.47 Å². The summed E-state index contributed by atoms with van der Waals surface area (Å²) in [6.45, 7) is 2.87. The summed E-state index contributed by atoms with van der Waals surface area (Å²) in [5, 5.41) is 9.93. The van der Waals surface area contributed by atoms with Gasteiger partial charge in [0.25, 0.3) is 0 Å². The number of para-hydroxylation sites is 1.